The summed E-state index contributed by atoms with van der Waals surface area (Å²) in [6, 6.07) is 0.207. The molecule has 2 rings (SSSR count). The van der Waals surface area contributed by atoms with Crippen molar-refractivity contribution in [2.45, 2.75) is 18.9 Å². The van der Waals surface area contributed by atoms with Gasteiger partial charge in [0.05, 0.1) is 6.04 Å². The molecule has 5 nitrogen and oxygen atoms in total. The van der Waals surface area contributed by atoms with Crippen LogP contribution in [0.2, 0.25) is 0 Å². The number of aromatic nitrogens is 3. The molecule has 1 saturated heterocycles. The van der Waals surface area contributed by atoms with Gasteiger partial charge in [-0.3, -0.25) is 9.58 Å². The summed E-state index contributed by atoms with van der Waals surface area (Å²) >= 11 is 0. The summed E-state index contributed by atoms with van der Waals surface area (Å²) in [5.74, 6) is 0.858. The maximum absolute atomic E-state index is 5.76. The molecule has 0 saturated carbocycles. The summed E-state index contributed by atoms with van der Waals surface area (Å²) in [5.41, 5.74) is 5.76. The molecule has 1 fully saturated rings. The number of likely N-dealkylation sites (tertiary alicyclic amines) is 1. The summed E-state index contributed by atoms with van der Waals surface area (Å²) in [6.07, 6.45) is 4.26. The van der Waals surface area contributed by atoms with Crippen LogP contribution in [0.3, 0.4) is 0 Å². The molecule has 2 heterocycles. The molecule has 0 amide bonds. The normalized spacial score (nSPS) is 20.1. The van der Waals surface area contributed by atoms with Crippen LogP contribution in [0.15, 0.2) is 6.33 Å². The second kappa shape index (κ2) is 4.06. The van der Waals surface area contributed by atoms with Gasteiger partial charge in [0.1, 0.15) is 6.33 Å². The van der Waals surface area contributed by atoms with Crippen molar-refractivity contribution in [1.82, 2.24) is 19.7 Å². The van der Waals surface area contributed by atoms with Crippen LogP contribution >= 0.6 is 0 Å². The van der Waals surface area contributed by atoms with Crippen LogP contribution in [-0.2, 0) is 7.05 Å². The lowest BCUT2D eigenvalue weighted by atomic mass is 10.2. The molecule has 2 N–H and O–H groups in total. The molecule has 1 atom stereocenters. The Hall–Kier alpha value is -0.940. The molecule has 1 aromatic rings. The molecular formula is C9H17N5. The van der Waals surface area contributed by atoms with Crippen molar-refractivity contribution < 1.29 is 0 Å². The van der Waals surface area contributed by atoms with Gasteiger partial charge < -0.3 is 5.73 Å². The van der Waals surface area contributed by atoms with Gasteiger partial charge >= 0.3 is 0 Å². The van der Waals surface area contributed by atoms with Crippen molar-refractivity contribution in [3.63, 3.8) is 0 Å². The van der Waals surface area contributed by atoms with Crippen molar-refractivity contribution in [3.05, 3.63) is 12.2 Å². The SMILES string of the molecule is Cn1cnc(C(CN)N2CCCC2)n1. The van der Waals surface area contributed by atoms with Crippen LogP contribution in [0, 0.1) is 0 Å². The maximum atomic E-state index is 5.76. The largest absolute Gasteiger partial charge is 0.328 e. The minimum atomic E-state index is 0.207. The van der Waals surface area contributed by atoms with Crippen molar-refractivity contribution in [1.29, 1.82) is 0 Å². The van der Waals surface area contributed by atoms with E-state index in [1.807, 2.05) is 7.05 Å². The molecule has 1 aliphatic rings. The van der Waals surface area contributed by atoms with Crippen molar-refractivity contribution in [2.75, 3.05) is 19.6 Å². The Morgan fingerprint density at radius 3 is 2.71 bits per heavy atom. The number of nitrogens with two attached hydrogens (primary N) is 1. The number of hydrogen-bond donors (Lipinski definition) is 1. The summed E-state index contributed by atoms with van der Waals surface area (Å²) in [7, 11) is 1.88. The lowest BCUT2D eigenvalue weighted by Crippen LogP contribution is -2.32. The molecule has 1 unspecified atom stereocenters. The zero-order chi connectivity index (χ0) is 9.97. The lowest BCUT2D eigenvalue weighted by molar-refractivity contribution is 0.241. The highest BCUT2D eigenvalue weighted by Gasteiger charge is 2.24. The van der Waals surface area contributed by atoms with Gasteiger partial charge in [0.2, 0.25) is 0 Å². The molecule has 78 valence electrons. The van der Waals surface area contributed by atoms with E-state index in [9.17, 15) is 0 Å². The number of nitrogens with zero attached hydrogens (tertiary/aromatic N) is 4. The maximum Gasteiger partial charge on any atom is 0.168 e. The predicted octanol–water partition coefficient (Wildman–Crippen LogP) is -0.0893. The van der Waals surface area contributed by atoms with E-state index >= 15 is 0 Å². The zero-order valence-corrected chi connectivity index (χ0v) is 8.56. The van der Waals surface area contributed by atoms with E-state index in [2.05, 4.69) is 15.0 Å². The number of aryl methyl sites for hydroxylation is 1. The van der Waals surface area contributed by atoms with E-state index < -0.39 is 0 Å². The molecule has 0 aliphatic carbocycles. The highest BCUT2D eigenvalue weighted by Crippen LogP contribution is 2.20. The molecular weight excluding hydrogens is 178 g/mol. The molecule has 0 spiro atoms. The average molecular weight is 195 g/mol. The second-order valence-electron chi connectivity index (χ2n) is 3.77. The van der Waals surface area contributed by atoms with E-state index in [0.29, 0.717) is 6.54 Å². The molecule has 0 bridgehead atoms. The van der Waals surface area contributed by atoms with E-state index in [0.717, 1.165) is 18.9 Å². The van der Waals surface area contributed by atoms with Gasteiger partial charge in [0.25, 0.3) is 0 Å². The minimum absolute atomic E-state index is 0.207. The Bertz CT molecular complexity index is 289. The Morgan fingerprint density at radius 2 is 2.21 bits per heavy atom. The highest BCUT2D eigenvalue weighted by atomic mass is 15.3. The van der Waals surface area contributed by atoms with E-state index in [-0.39, 0.29) is 6.04 Å². The Labute approximate surface area is 83.9 Å². The third kappa shape index (κ3) is 1.78. The van der Waals surface area contributed by atoms with Crippen molar-refractivity contribution in [2.24, 2.45) is 12.8 Å². The Kier molecular flexibility index (Phi) is 2.79. The molecule has 5 heteroatoms. The van der Waals surface area contributed by atoms with Gasteiger partial charge in [-0.2, -0.15) is 5.10 Å². The molecule has 0 radical (unpaired) electrons. The monoisotopic (exact) mass is 195 g/mol. The average Bonchev–Trinajstić information content (AvgIpc) is 2.79. The van der Waals surface area contributed by atoms with Crippen LogP contribution in [0.4, 0.5) is 0 Å². The zero-order valence-electron chi connectivity index (χ0n) is 8.56. The standard InChI is InChI=1S/C9H17N5/c1-13-7-11-9(12-13)8(6-10)14-4-2-3-5-14/h7-8H,2-6,10H2,1H3. The summed E-state index contributed by atoms with van der Waals surface area (Å²) in [5, 5.41) is 4.31. The van der Waals surface area contributed by atoms with Crippen LogP contribution < -0.4 is 5.73 Å². The predicted molar refractivity (Wildman–Crippen MR) is 53.6 cm³/mol. The highest BCUT2D eigenvalue weighted by molar-refractivity contribution is 4.95. The fourth-order valence-electron chi connectivity index (χ4n) is 1.98. The van der Waals surface area contributed by atoms with Crippen LogP contribution in [0.25, 0.3) is 0 Å². The first-order valence-electron chi connectivity index (χ1n) is 5.11. The number of rotatable bonds is 3. The van der Waals surface area contributed by atoms with Gasteiger partial charge in [0.15, 0.2) is 5.82 Å². The third-order valence-electron chi connectivity index (χ3n) is 2.72. The van der Waals surface area contributed by atoms with Crippen molar-refractivity contribution in [3.8, 4) is 0 Å². The Balaban J connectivity index is 2.12. The van der Waals surface area contributed by atoms with Gasteiger partial charge in [-0.1, -0.05) is 0 Å². The molecule has 0 aromatic carbocycles. The first-order chi connectivity index (χ1) is 6.81. The fraction of sp³-hybridized carbons (Fsp3) is 0.778. The van der Waals surface area contributed by atoms with Crippen molar-refractivity contribution >= 4 is 0 Å². The van der Waals surface area contributed by atoms with Gasteiger partial charge in [0, 0.05) is 13.6 Å². The smallest absolute Gasteiger partial charge is 0.168 e. The topological polar surface area (TPSA) is 60.0 Å². The first-order valence-corrected chi connectivity index (χ1v) is 5.11. The third-order valence-corrected chi connectivity index (χ3v) is 2.72. The Morgan fingerprint density at radius 1 is 1.50 bits per heavy atom. The van der Waals surface area contributed by atoms with Crippen LogP contribution in [0.1, 0.15) is 24.7 Å². The summed E-state index contributed by atoms with van der Waals surface area (Å²) in [4.78, 5) is 6.63. The van der Waals surface area contributed by atoms with Crippen LogP contribution in [-0.4, -0.2) is 39.3 Å². The summed E-state index contributed by atoms with van der Waals surface area (Å²) < 4.78 is 1.73. The van der Waals surface area contributed by atoms with E-state index in [1.54, 1.807) is 11.0 Å². The van der Waals surface area contributed by atoms with Crippen LogP contribution in [0.5, 0.6) is 0 Å². The molecule has 14 heavy (non-hydrogen) atoms. The van der Waals surface area contributed by atoms with Gasteiger partial charge in [-0.25, -0.2) is 4.98 Å². The first kappa shape index (κ1) is 9.61. The molecule has 1 aliphatic heterocycles. The van der Waals surface area contributed by atoms with E-state index in [4.69, 9.17) is 5.73 Å². The summed E-state index contributed by atoms with van der Waals surface area (Å²) in [6.45, 7) is 2.85. The van der Waals surface area contributed by atoms with Gasteiger partial charge in [-0.15, -0.1) is 0 Å². The number of hydrogen-bond acceptors (Lipinski definition) is 4. The fourth-order valence-corrected chi connectivity index (χ4v) is 1.98. The van der Waals surface area contributed by atoms with E-state index in [1.165, 1.54) is 12.8 Å². The quantitative estimate of drug-likeness (QED) is 0.732. The molecule has 1 aromatic heterocycles. The lowest BCUT2D eigenvalue weighted by Gasteiger charge is -2.23. The van der Waals surface area contributed by atoms with Gasteiger partial charge in [-0.05, 0) is 25.9 Å². The minimum Gasteiger partial charge on any atom is -0.328 e. The second-order valence-corrected chi connectivity index (χ2v) is 3.77.